The average Bonchev–Trinajstić information content (AvgIpc) is 2.65. The second-order valence-electron chi connectivity index (χ2n) is 9.84. The van der Waals surface area contributed by atoms with Gasteiger partial charge < -0.3 is 13.9 Å². The second kappa shape index (κ2) is 12.3. The molecule has 1 unspecified atom stereocenters. The summed E-state index contributed by atoms with van der Waals surface area (Å²) in [6, 6.07) is 10.3. The lowest BCUT2D eigenvalue weighted by molar-refractivity contribution is -0.188. The fourth-order valence-electron chi connectivity index (χ4n) is 2.88. The number of ether oxygens (including phenoxy) is 2. The largest absolute Gasteiger partial charge is 0.546 e. The highest BCUT2D eigenvalue weighted by Gasteiger charge is 2.40. The third-order valence-corrected chi connectivity index (χ3v) is 10.1. The summed E-state index contributed by atoms with van der Waals surface area (Å²) in [5, 5.41) is 0.0759. The molecule has 0 aliphatic rings. The van der Waals surface area contributed by atoms with Crippen molar-refractivity contribution in [1.82, 2.24) is 0 Å². The molecule has 4 nitrogen and oxygen atoms in total. The highest BCUT2D eigenvalue weighted by molar-refractivity contribution is 6.74. The number of allylic oxidation sites excluding steroid dienone is 1. The van der Waals surface area contributed by atoms with Crippen molar-refractivity contribution in [2.24, 2.45) is 0 Å². The topological polar surface area (TPSA) is 44.8 Å². The molecule has 0 aliphatic heterocycles. The van der Waals surface area contributed by atoms with Gasteiger partial charge in [0.1, 0.15) is 0 Å². The molecule has 0 spiro atoms. The lowest BCUT2D eigenvalue weighted by atomic mass is 10.0. The van der Waals surface area contributed by atoms with Crippen molar-refractivity contribution in [3.63, 3.8) is 0 Å². The number of hydrogen-bond acceptors (Lipinski definition) is 4. The molecule has 31 heavy (non-hydrogen) atoms. The molecule has 0 bridgehead atoms. The Balaban J connectivity index is 2.96. The zero-order valence-corrected chi connectivity index (χ0v) is 21.8. The van der Waals surface area contributed by atoms with E-state index >= 15 is 0 Å². The van der Waals surface area contributed by atoms with Crippen molar-refractivity contribution in [1.29, 1.82) is 0 Å². The van der Waals surface area contributed by atoms with Crippen molar-refractivity contribution in [3.05, 3.63) is 59.9 Å². The van der Waals surface area contributed by atoms with E-state index in [1.54, 1.807) is 0 Å². The monoisotopic (exact) mass is 446 g/mol. The summed E-state index contributed by atoms with van der Waals surface area (Å²) in [5.41, 5.74) is 2.34. The third-order valence-electron chi connectivity index (χ3n) is 5.76. The van der Waals surface area contributed by atoms with Crippen LogP contribution in [0.15, 0.2) is 54.3 Å². The molecule has 1 rings (SSSR count). The molecule has 174 valence electrons. The van der Waals surface area contributed by atoms with Gasteiger partial charge in [-0.3, -0.25) is 4.79 Å². The molecule has 0 radical (unpaired) electrons. The molecule has 5 heteroatoms. The molecule has 0 heterocycles. The van der Waals surface area contributed by atoms with Gasteiger partial charge in [-0.1, -0.05) is 57.2 Å². The maximum Gasteiger partial charge on any atom is 0.304 e. The van der Waals surface area contributed by atoms with E-state index in [-0.39, 0.29) is 17.1 Å². The number of hydrogen-bond donors (Lipinski definition) is 0. The van der Waals surface area contributed by atoms with E-state index < -0.39 is 14.6 Å². The SMILES string of the molecule is C=CC[C@H](CCc1ccccc1)OC(CC(O[Si](C)(C)C(C)(C)C)=C(C)C)OC(C)=O. The molecule has 0 fully saturated rings. The zero-order valence-electron chi connectivity index (χ0n) is 20.8. The van der Waals surface area contributed by atoms with Crippen LogP contribution in [0.1, 0.15) is 66.4 Å². The van der Waals surface area contributed by atoms with E-state index in [4.69, 9.17) is 13.9 Å². The van der Waals surface area contributed by atoms with E-state index in [0.29, 0.717) is 12.8 Å². The average molecular weight is 447 g/mol. The number of rotatable bonds is 12. The molecule has 0 aliphatic carbocycles. The van der Waals surface area contributed by atoms with Crippen molar-refractivity contribution in [3.8, 4) is 0 Å². The van der Waals surface area contributed by atoms with Gasteiger partial charge in [-0.15, -0.1) is 6.58 Å². The van der Waals surface area contributed by atoms with Crippen LogP contribution in [0.4, 0.5) is 0 Å². The van der Waals surface area contributed by atoms with E-state index in [1.807, 2.05) is 38.1 Å². The third kappa shape index (κ3) is 9.87. The number of carbonyl (C=O) groups excluding carboxylic acids is 1. The van der Waals surface area contributed by atoms with Gasteiger partial charge >= 0.3 is 5.97 Å². The summed E-state index contributed by atoms with van der Waals surface area (Å²) < 4.78 is 18.4. The van der Waals surface area contributed by atoms with Gasteiger partial charge in [0.15, 0.2) is 0 Å². The van der Waals surface area contributed by atoms with E-state index in [0.717, 1.165) is 24.2 Å². The van der Waals surface area contributed by atoms with Gasteiger partial charge in [-0.2, -0.15) is 0 Å². The summed E-state index contributed by atoms with van der Waals surface area (Å²) in [6.45, 7) is 20.4. The van der Waals surface area contributed by atoms with Gasteiger partial charge in [0.05, 0.1) is 18.3 Å². The van der Waals surface area contributed by atoms with Crippen LogP contribution in [-0.4, -0.2) is 26.7 Å². The minimum atomic E-state index is -2.02. The summed E-state index contributed by atoms with van der Waals surface area (Å²) in [5.74, 6) is 0.504. The number of benzene rings is 1. The Bertz CT molecular complexity index is 728. The van der Waals surface area contributed by atoms with Crippen LogP contribution in [0.5, 0.6) is 0 Å². The summed E-state index contributed by atoms with van der Waals surface area (Å²) in [6.07, 6.45) is 3.89. The summed E-state index contributed by atoms with van der Waals surface area (Å²) in [4.78, 5) is 11.8. The Morgan fingerprint density at radius 3 is 2.23 bits per heavy atom. The Morgan fingerprint density at radius 2 is 1.74 bits per heavy atom. The van der Waals surface area contributed by atoms with Crippen molar-refractivity contribution < 1.29 is 18.7 Å². The fourth-order valence-corrected chi connectivity index (χ4v) is 4.09. The Hall–Kier alpha value is -1.85. The van der Waals surface area contributed by atoms with Gasteiger partial charge in [0, 0.05) is 6.92 Å². The number of carbonyl (C=O) groups is 1. The normalized spacial score (nSPS) is 13.8. The molecule has 2 atom stereocenters. The molecule has 0 N–H and O–H groups in total. The maximum absolute atomic E-state index is 11.8. The van der Waals surface area contributed by atoms with Crippen LogP contribution in [-0.2, 0) is 25.1 Å². The molecule has 1 aromatic carbocycles. The highest BCUT2D eigenvalue weighted by Crippen LogP contribution is 2.39. The van der Waals surface area contributed by atoms with Crippen molar-refractivity contribution in [2.75, 3.05) is 0 Å². The van der Waals surface area contributed by atoms with Gasteiger partial charge in [0.25, 0.3) is 0 Å². The van der Waals surface area contributed by atoms with Crippen LogP contribution in [0, 0.1) is 0 Å². The summed E-state index contributed by atoms with van der Waals surface area (Å²) in [7, 11) is -2.02. The van der Waals surface area contributed by atoms with E-state index in [2.05, 4.69) is 52.6 Å². The first-order valence-corrected chi connectivity index (χ1v) is 14.1. The molecular formula is C26H42O4Si. The molecule has 0 amide bonds. The van der Waals surface area contributed by atoms with E-state index in [1.165, 1.54) is 12.5 Å². The van der Waals surface area contributed by atoms with Gasteiger partial charge in [-0.25, -0.2) is 0 Å². The fraction of sp³-hybridized carbons (Fsp3) is 0.577. The molecule has 0 saturated heterocycles. The number of esters is 1. The number of aryl methyl sites for hydroxylation is 1. The zero-order chi connectivity index (χ0) is 23.7. The Morgan fingerprint density at radius 1 is 1.13 bits per heavy atom. The minimum absolute atomic E-state index is 0.0759. The first kappa shape index (κ1) is 27.2. The Kier molecular flexibility index (Phi) is 10.7. The van der Waals surface area contributed by atoms with Crippen molar-refractivity contribution in [2.45, 2.75) is 97.8 Å². The van der Waals surface area contributed by atoms with Gasteiger partial charge in [0.2, 0.25) is 14.6 Å². The maximum atomic E-state index is 11.8. The van der Waals surface area contributed by atoms with E-state index in [9.17, 15) is 4.79 Å². The highest BCUT2D eigenvalue weighted by atomic mass is 28.4. The first-order valence-electron chi connectivity index (χ1n) is 11.2. The molecular weight excluding hydrogens is 404 g/mol. The molecule has 0 aromatic heterocycles. The smallest absolute Gasteiger partial charge is 0.304 e. The lowest BCUT2D eigenvalue weighted by Crippen LogP contribution is -2.41. The lowest BCUT2D eigenvalue weighted by Gasteiger charge is -2.38. The predicted molar refractivity (Wildman–Crippen MR) is 131 cm³/mol. The standard InChI is InChI=1S/C26H42O4Si/c1-10-14-23(18-17-22-15-12-11-13-16-22)29-25(28-21(4)27)19-24(20(2)3)30-31(8,9)26(5,6)7/h10-13,15-16,23,25H,1,14,17-19H2,2-9H3/t23-,25?/m1/s1. The predicted octanol–water partition coefficient (Wildman–Crippen LogP) is 7.18. The van der Waals surface area contributed by atoms with Crippen molar-refractivity contribution >= 4 is 14.3 Å². The minimum Gasteiger partial charge on any atom is -0.546 e. The quantitative estimate of drug-likeness (QED) is 0.112. The van der Waals surface area contributed by atoms with Crippen LogP contribution in [0.3, 0.4) is 0 Å². The molecule has 0 saturated carbocycles. The van der Waals surface area contributed by atoms with Gasteiger partial charge in [-0.05, 0) is 62.4 Å². The van der Waals surface area contributed by atoms with Crippen LogP contribution < -0.4 is 0 Å². The van der Waals surface area contributed by atoms with Crippen LogP contribution in [0.2, 0.25) is 18.1 Å². The second-order valence-corrected chi connectivity index (χ2v) is 14.6. The summed E-state index contributed by atoms with van der Waals surface area (Å²) >= 11 is 0. The Labute approximate surface area is 190 Å². The first-order chi connectivity index (χ1) is 14.4. The van der Waals surface area contributed by atoms with Crippen LogP contribution in [0.25, 0.3) is 0 Å². The molecule has 1 aromatic rings. The van der Waals surface area contributed by atoms with Crippen LogP contribution >= 0.6 is 0 Å².